The molecule has 2 N–H and O–H groups in total. The summed E-state index contributed by atoms with van der Waals surface area (Å²) < 4.78 is 6.80. The summed E-state index contributed by atoms with van der Waals surface area (Å²) in [5, 5.41) is 11.6. The lowest BCUT2D eigenvalue weighted by atomic mass is 10.2. The van der Waals surface area contributed by atoms with E-state index in [0.29, 0.717) is 12.5 Å². The molecule has 1 aromatic heterocycles. The zero-order chi connectivity index (χ0) is 13.7. The van der Waals surface area contributed by atoms with E-state index in [1.54, 1.807) is 11.8 Å². The zero-order valence-electron chi connectivity index (χ0n) is 11.2. The number of ether oxygens (including phenoxy) is 1. The Hall–Kier alpha value is -2.15. The van der Waals surface area contributed by atoms with Gasteiger partial charge in [-0.3, -0.25) is 0 Å². The quantitative estimate of drug-likeness (QED) is 0.825. The maximum absolute atomic E-state index is 5.59. The van der Waals surface area contributed by atoms with Crippen LogP contribution in [0.4, 0.5) is 11.6 Å². The van der Waals surface area contributed by atoms with E-state index in [1.165, 1.54) is 0 Å². The number of rotatable bonds is 6. The summed E-state index contributed by atoms with van der Waals surface area (Å²) in [6.07, 6.45) is 0.860. The molecule has 0 radical (unpaired) electrons. The number of aromatic nitrogens is 4. The van der Waals surface area contributed by atoms with Gasteiger partial charge >= 0.3 is 0 Å². The van der Waals surface area contributed by atoms with Gasteiger partial charge in [0.15, 0.2) is 0 Å². The number of aryl methyl sites for hydroxylation is 1. The van der Waals surface area contributed by atoms with Crippen molar-refractivity contribution in [1.82, 2.24) is 20.2 Å². The van der Waals surface area contributed by atoms with Crippen LogP contribution in [0, 0.1) is 0 Å². The SMILES string of the molecule is COc1ccc(N(CCCN)c2nnnn2C)cc1. The van der Waals surface area contributed by atoms with Crippen LogP contribution in [-0.4, -0.2) is 40.4 Å². The molecule has 0 saturated heterocycles. The molecule has 0 aliphatic carbocycles. The third kappa shape index (κ3) is 3.00. The largest absolute Gasteiger partial charge is 0.497 e. The van der Waals surface area contributed by atoms with Gasteiger partial charge in [0.25, 0.3) is 0 Å². The van der Waals surface area contributed by atoms with Crippen LogP contribution in [0.25, 0.3) is 0 Å². The van der Waals surface area contributed by atoms with Crippen molar-refractivity contribution in [1.29, 1.82) is 0 Å². The molecule has 19 heavy (non-hydrogen) atoms. The van der Waals surface area contributed by atoms with Crippen molar-refractivity contribution in [3.8, 4) is 5.75 Å². The van der Waals surface area contributed by atoms with Crippen LogP contribution in [0.2, 0.25) is 0 Å². The van der Waals surface area contributed by atoms with Gasteiger partial charge in [0, 0.05) is 19.3 Å². The summed E-state index contributed by atoms with van der Waals surface area (Å²) in [7, 11) is 3.46. The third-order valence-electron chi connectivity index (χ3n) is 2.81. The summed E-state index contributed by atoms with van der Waals surface area (Å²) in [5.41, 5.74) is 6.59. The fourth-order valence-corrected chi connectivity index (χ4v) is 1.81. The van der Waals surface area contributed by atoms with Gasteiger partial charge < -0.3 is 15.4 Å². The summed E-state index contributed by atoms with van der Waals surface area (Å²) in [6.45, 7) is 1.38. The zero-order valence-corrected chi connectivity index (χ0v) is 11.2. The summed E-state index contributed by atoms with van der Waals surface area (Å²) in [6, 6.07) is 7.78. The average Bonchev–Trinajstić information content (AvgIpc) is 2.86. The predicted octanol–water partition coefficient (Wildman–Crippen LogP) is 0.706. The monoisotopic (exact) mass is 262 g/mol. The second kappa shape index (κ2) is 6.14. The van der Waals surface area contributed by atoms with Crippen molar-refractivity contribution < 1.29 is 4.74 Å². The molecule has 0 unspecified atom stereocenters. The molecule has 0 saturated carbocycles. The van der Waals surface area contributed by atoms with Crippen LogP contribution in [-0.2, 0) is 7.05 Å². The fraction of sp³-hybridized carbons (Fsp3) is 0.417. The Morgan fingerprint density at radius 3 is 2.58 bits per heavy atom. The van der Waals surface area contributed by atoms with E-state index < -0.39 is 0 Å². The lowest BCUT2D eigenvalue weighted by Gasteiger charge is -2.22. The predicted molar refractivity (Wildman–Crippen MR) is 72.5 cm³/mol. The molecule has 0 fully saturated rings. The average molecular weight is 262 g/mol. The first kappa shape index (κ1) is 13.3. The minimum absolute atomic E-state index is 0.623. The lowest BCUT2D eigenvalue weighted by molar-refractivity contribution is 0.415. The number of tetrazole rings is 1. The Labute approximate surface area is 112 Å². The normalized spacial score (nSPS) is 10.5. The number of benzene rings is 1. The van der Waals surface area contributed by atoms with E-state index in [4.69, 9.17) is 10.5 Å². The molecule has 0 aliphatic heterocycles. The standard InChI is InChI=1S/C12H18N6O/c1-17-12(14-15-16-17)18(9-3-8-13)10-4-6-11(19-2)7-5-10/h4-7H,3,8-9,13H2,1-2H3. The molecule has 0 spiro atoms. The molecule has 0 bridgehead atoms. The van der Waals surface area contributed by atoms with E-state index in [-0.39, 0.29) is 0 Å². The Bertz CT molecular complexity index is 509. The van der Waals surface area contributed by atoms with Crippen LogP contribution < -0.4 is 15.4 Å². The highest BCUT2D eigenvalue weighted by molar-refractivity contribution is 5.58. The van der Waals surface area contributed by atoms with E-state index in [2.05, 4.69) is 15.5 Å². The number of hydrogen-bond acceptors (Lipinski definition) is 6. The number of nitrogens with two attached hydrogens (primary N) is 1. The first-order valence-corrected chi connectivity index (χ1v) is 6.10. The molecule has 2 rings (SSSR count). The summed E-state index contributed by atoms with van der Waals surface area (Å²) >= 11 is 0. The van der Waals surface area contributed by atoms with Crippen molar-refractivity contribution in [3.63, 3.8) is 0 Å². The summed E-state index contributed by atoms with van der Waals surface area (Å²) in [5.74, 6) is 1.51. The second-order valence-electron chi connectivity index (χ2n) is 4.09. The third-order valence-corrected chi connectivity index (χ3v) is 2.81. The van der Waals surface area contributed by atoms with Crippen LogP contribution in [0.15, 0.2) is 24.3 Å². The molecule has 1 aromatic carbocycles. The fourth-order valence-electron chi connectivity index (χ4n) is 1.81. The molecule has 2 aromatic rings. The van der Waals surface area contributed by atoms with Gasteiger partial charge in [-0.15, -0.1) is 0 Å². The molecular formula is C12H18N6O. The summed E-state index contributed by atoms with van der Waals surface area (Å²) in [4.78, 5) is 2.03. The van der Waals surface area contributed by atoms with Crippen molar-refractivity contribution in [2.75, 3.05) is 25.1 Å². The van der Waals surface area contributed by atoms with Crippen molar-refractivity contribution in [3.05, 3.63) is 24.3 Å². The highest BCUT2D eigenvalue weighted by atomic mass is 16.5. The maximum atomic E-state index is 5.59. The van der Waals surface area contributed by atoms with Gasteiger partial charge in [-0.2, -0.15) is 0 Å². The van der Waals surface area contributed by atoms with Gasteiger partial charge in [-0.25, -0.2) is 4.68 Å². The first-order valence-electron chi connectivity index (χ1n) is 6.10. The van der Waals surface area contributed by atoms with E-state index in [0.717, 1.165) is 24.4 Å². The molecule has 102 valence electrons. The Morgan fingerprint density at radius 1 is 1.32 bits per heavy atom. The highest BCUT2D eigenvalue weighted by Crippen LogP contribution is 2.24. The molecule has 7 heteroatoms. The minimum atomic E-state index is 0.623. The van der Waals surface area contributed by atoms with Crippen molar-refractivity contribution >= 4 is 11.6 Å². The van der Waals surface area contributed by atoms with Crippen LogP contribution in [0.5, 0.6) is 5.75 Å². The Balaban J connectivity index is 2.28. The van der Waals surface area contributed by atoms with E-state index in [9.17, 15) is 0 Å². The van der Waals surface area contributed by atoms with E-state index in [1.807, 2.05) is 36.2 Å². The van der Waals surface area contributed by atoms with Gasteiger partial charge in [0.05, 0.1) is 7.11 Å². The highest BCUT2D eigenvalue weighted by Gasteiger charge is 2.14. The second-order valence-corrected chi connectivity index (χ2v) is 4.09. The lowest BCUT2D eigenvalue weighted by Crippen LogP contribution is -2.23. The van der Waals surface area contributed by atoms with Crippen LogP contribution >= 0.6 is 0 Å². The number of hydrogen-bond donors (Lipinski definition) is 1. The van der Waals surface area contributed by atoms with E-state index >= 15 is 0 Å². The van der Waals surface area contributed by atoms with Crippen molar-refractivity contribution in [2.24, 2.45) is 12.8 Å². The van der Waals surface area contributed by atoms with Crippen LogP contribution in [0.1, 0.15) is 6.42 Å². The van der Waals surface area contributed by atoms with Gasteiger partial charge in [-0.1, -0.05) is 5.10 Å². The number of anilines is 2. The molecule has 0 atom stereocenters. The van der Waals surface area contributed by atoms with Crippen LogP contribution in [0.3, 0.4) is 0 Å². The van der Waals surface area contributed by atoms with Gasteiger partial charge in [0.1, 0.15) is 5.75 Å². The Morgan fingerprint density at radius 2 is 2.05 bits per heavy atom. The molecule has 0 aliphatic rings. The van der Waals surface area contributed by atoms with Gasteiger partial charge in [-0.05, 0) is 47.7 Å². The minimum Gasteiger partial charge on any atom is -0.497 e. The Kier molecular flexibility index (Phi) is 4.30. The molecule has 1 heterocycles. The molecule has 7 nitrogen and oxygen atoms in total. The topological polar surface area (TPSA) is 82.1 Å². The smallest absolute Gasteiger partial charge is 0.249 e. The first-order chi connectivity index (χ1) is 9.26. The van der Waals surface area contributed by atoms with Gasteiger partial charge in [0.2, 0.25) is 5.95 Å². The molecular weight excluding hydrogens is 244 g/mol. The molecule has 0 amide bonds. The van der Waals surface area contributed by atoms with Crippen molar-refractivity contribution in [2.45, 2.75) is 6.42 Å². The maximum Gasteiger partial charge on any atom is 0.249 e. The number of nitrogens with zero attached hydrogens (tertiary/aromatic N) is 5. The number of methoxy groups -OCH3 is 1.